The van der Waals surface area contributed by atoms with Gasteiger partial charge in [0.2, 0.25) is 5.91 Å². The third kappa shape index (κ3) is 56.2. The van der Waals surface area contributed by atoms with Gasteiger partial charge >= 0.3 is 13.8 Å². The molecule has 0 saturated heterocycles. The average Bonchev–Trinajstić information content (AvgIpc) is 3.38. The number of rotatable bonds is 57. The van der Waals surface area contributed by atoms with Gasteiger partial charge in [0.15, 0.2) is 0 Å². The number of quaternary nitrogens is 1. The molecule has 0 aliphatic carbocycles. The van der Waals surface area contributed by atoms with Crippen LogP contribution in [0.3, 0.4) is 0 Å². The predicted molar refractivity (Wildman–Crippen MR) is 328 cm³/mol. The van der Waals surface area contributed by atoms with Crippen molar-refractivity contribution >= 4 is 19.7 Å². The van der Waals surface area contributed by atoms with Crippen LogP contribution >= 0.6 is 7.82 Å². The second kappa shape index (κ2) is 55.8. The zero-order chi connectivity index (χ0) is 55.7. The van der Waals surface area contributed by atoms with E-state index in [-0.39, 0.29) is 37.9 Å². The molecule has 0 spiro atoms. The quantitative estimate of drug-likeness (QED) is 0.0205. The zero-order valence-corrected chi connectivity index (χ0v) is 51.4. The molecule has 0 bridgehead atoms. The molecule has 76 heavy (non-hydrogen) atoms. The van der Waals surface area contributed by atoms with Gasteiger partial charge in [0.1, 0.15) is 19.3 Å². The molecule has 0 aromatic rings. The smallest absolute Gasteiger partial charge is 0.456 e. The lowest BCUT2D eigenvalue weighted by molar-refractivity contribution is -0.870. The topological polar surface area (TPSA) is 111 Å². The van der Waals surface area contributed by atoms with Gasteiger partial charge in [-0.3, -0.25) is 18.6 Å². The molecule has 442 valence electrons. The van der Waals surface area contributed by atoms with Crippen LogP contribution in [0.15, 0.2) is 72.9 Å². The molecule has 10 heteroatoms. The molecule has 2 N–H and O–H groups in total. The van der Waals surface area contributed by atoms with Crippen molar-refractivity contribution < 1.29 is 37.3 Å². The molecule has 1 amide bonds. The van der Waals surface area contributed by atoms with Crippen molar-refractivity contribution in [2.24, 2.45) is 0 Å². The fraction of sp³-hybridized carbons (Fsp3) is 0.788. The molecule has 0 radical (unpaired) electrons. The van der Waals surface area contributed by atoms with Crippen LogP contribution < -0.4 is 5.32 Å². The largest absolute Gasteiger partial charge is 0.472 e. The van der Waals surface area contributed by atoms with Gasteiger partial charge in [0.25, 0.3) is 0 Å². The summed E-state index contributed by atoms with van der Waals surface area (Å²) in [5, 5.41) is 3.00. The Hall–Kier alpha value is -2.55. The van der Waals surface area contributed by atoms with Crippen LogP contribution in [0.5, 0.6) is 0 Å². The highest BCUT2D eigenvalue weighted by Gasteiger charge is 2.30. The molecule has 9 nitrogen and oxygen atoms in total. The number of amides is 1. The average molecular weight is 1090 g/mol. The van der Waals surface area contributed by atoms with Gasteiger partial charge in [0.05, 0.1) is 33.8 Å². The van der Waals surface area contributed by atoms with Crippen molar-refractivity contribution in [3.05, 3.63) is 72.9 Å². The Morgan fingerprint density at radius 1 is 0.474 bits per heavy atom. The predicted octanol–water partition coefficient (Wildman–Crippen LogP) is 19.6. The Balaban J connectivity index is 5.19. The summed E-state index contributed by atoms with van der Waals surface area (Å²) in [6, 6.07) is -0.888. The monoisotopic (exact) mass is 1090 g/mol. The van der Waals surface area contributed by atoms with Crippen molar-refractivity contribution in [3.63, 3.8) is 0 Å². The first kappa shape index (κ1) is 73.5. The maximum atomic E-state index is 13.5. The molecule has 0 aromatic heterocycles. The lowest BCUT2D eigenvalue weighted by atomic mass is 10.0. The number of carbonyl (C=O) groups is 2. The number of hydrogen-bond donors (Lipinski definition) is 2. The molecular formula is C66H122N2O7P+. The summed E-state index contributed by atoms with van der Waals surface area (Å²) in [6.07, 6.45) is 72.2. The summed E-state index contributed by atoms with van der Waals surface area (Å²) in [6.45, 7) is 6.85. The number of nitrogens with one attached hydrogen (secondary N) is 1. The van der Waals surface area contributed by atoms with E-state index in [9.17, 15) is 19.0 Å². The van der Waals surface area contributed by atoms with Gasteiger partial charge in [-0.15, -0.1) is 0 Å². The standard InChI is InChI=1S/C66H121N2O7P/c1-7-10-13-16-19-22-25-27-29-31-32-33-34-35-36-37-39-41-44-47-50-53-56-59-66(70)75-64(57-54-51-48-45-42-24-21-18-15-12-9-3)63(62-74-76(71,72)73-61-60-68(4,5)6)67-65(69)58-55-52-49-46-43-40-38-30-28-26-23-20-17-14-11-8-2/h11,14,20,23,28,30,40,43,49,52,54,57,63-64H,7-10,12-13,15-19,21-22,24-27,29,31-39,41-42,44-48,50-51,53,55-56,58-62H2,1-6H3,(H-,67,69,71,72)/p+1/b14-11+,23-20+,30-28+,43-40+,52-49+,57-54-. The number of phosphoric ester groups is 1. The Kier molecular flexibility index (Phi) is 53.9. The minimum absolute atomic E-state index is 0.0260. The summed E-state index contributed by atoms with van der Waals surface area (Å²) < 4.78 is 30.6. The number of nitrogens with zero attached hydrogens (tertiary/aromatic N) is 1. The van der Waals surface area contributed by atoms with Crippen molar-refractivity contribution in [2.75, 3.05) is 40.9 Å². The van der Waals surface area contributed by atoms with Crippen LogP contribution in [0.25, 0.3) is 0 Å². The number of esters is 1. The summed E-state index contributed by atoms with van der Waals surface area (Å²) >= 11 is 0. The highest BCUT2D eigenvalue weighted by Crippen LogP contribution is 2.43. The van der Waals surface area contributed by atoms with Crippen LogP contribution in [0, 0.1) is 0 Å². The van der Waals surface area contributed by atoms with E-state index < -0.39 is 20.0 Å². The Labute approximate surface area is 470 Å². The summed E-state index contributed by atoms with van der Waals surface area (Å²) in [7, 11) is 1.45. The van der Waals surface area contributed by atoms with E-state index in [2.05, 4.69) is 80.8 Å². The number of carbonyl (C=O) groups excluding carboxylic acids is 2. The van der Waals surface area contributed by atoms with Crippen molar-refractivity contribution in [2.45, 2.75) is 296 Å². The molecule has 3 unspecified atom stereocenters. The fourth-order valence-corrected chi connectivity index (χ4v) is 9.78. The number of phosphoric acid groups is 1. The number of allylic oxidation sites excluding steroid dienone is 11. The maximum absolute atomic E-state index is 13.5. The van der Waals surface area contributed by atoms with E-state index in [4.69, 9.17) is 13.8 Å². The normalized spacial score (nSPS) is 14.1. The van der Waals surface area contributed by atoms with E-state index in [0.29, 0.717) is 17.4 Å². The minimum atomic E-state index is -4.47. The number of ether oxygens (including phenoxy) is 1. The van der Waals surface area contributed by atoms with Crippen molar-refractivity contribution in [1.29, 1.82) is 0 Å². The van der Waals surface area contributed by atoms with E-state index in [0.717, 1.165) is 70.6 Å². The molecule has 0 aromatic carbocycles. The van der Waals surface area contributed by atoms with Crippen molar-refractivity contribution in [3.8, 4) is 0 Å². The second-order valence-corrected chi connectivity index (χ2v) is 24.0. The van der Waals surface area contributed by atoms with E-state index in [1.165, 1.54) is 173 Å². The maximum Gasteiger partial charge on any atom is 0.472 e. The second-order valence-electron chi connectivity index (χ2n) is 22.6. The van der Waals surface area contributed by atoms with Crippen LogP contribution in [0.4, 0.5) is 0 Å². The van der Waals surface area contributed by atoms with E-state index in [1.54, 1.807) is 0 Å². The van der Waals surface area contributed by atoms with Crippen molar-refractivity contribution in [1.82, 2.24) is 5.32 Å². The van der Waals surface area contributed by atoms with Gasteiger partial charge in [0, 0.05) is 12.8 Å². The molecule has 0 saturated carbocycles. The molecule has 0 heterocycles. The first-order valence-corrected chi connectivity index (χ1v) is 33.3. The summed E-state index contributed by atoms with van der Waals surface area (Å²) in [4.78, 5) is 37.6. The van der Waals surface area contributed by atoms with Crippen LogP contribution in [-0.2, 0) is 27.9 Å². The first-order valence-electron chi connectivity index (χ1n) is 31.8. The molecule has 0 rings (SSSR count). The zero-order valence-electron chi connectivity index (χ0n) is 50.5. The Morgan fingerprint density at radius 2 is 0.855 bits per heavy atom. The third-order valence-corrected chi connectivity index (χ3v) is 14.9. The van der Waals surface area contributed by atoms with E-state index >= 15 is 0 Å². The van der Waals surface area contributed by atoms with Crippen LogP contribution in [-0.4, -0.2) is 74.3 Å². The highest BCUT2D eigenvalue weighted by atomic mass is 31.2. The number of hydrogen-bond acceptors (Lipinski definition) is 6. The first-order chi connectivity index (χ1) is 36.9. The van der Waals surface area contributed by atoms with Gasteiger partial charge < -0.3 is 19.4 Å². The number of unbranched alkanes of at least 4 members (excludes halogenated alkanes) is 31. The fourth-order valence-electron chi connectivity index (χ4n) is 9.05. The van der Waals surface area contributed by atoms with E-state index in [1.807, 2.05) is 39.4 Å². The molecule has 0 fully saturated rings. The third-order valence-electron chi connectivity index (χ3n) is 13.9. The molecule has 0 aliphatic rings. The van der Waals surface area contributed by atoms with Gasteiger partial charge in [-0.05, 0) is 63.9 Å². The molecule has 3 atom stereocenters. The van der Waals surface area contributed by atoms with Crippen LogP contribution in [0.1, 0.15) is 284 Å². The minimum Gasteiger partial charge on any atom is -0.456 e. The summed E-state index contributed by atoms with van der Waals surface area (Å²) in [5.41, 5.74) is 0. The molecule has 0 aliphatic heterocycles. The van der Waals surface area contributed by atoms with Crippen LogP contribution in [0.2, 0.25) is 0 Å². The molecular weight excluding hydrogens is 964 g/mol. The SMILES string of the molecule is CC/C=C/C/C=C/C/C=C/C/C=C/C/C=C/CCC(=O)NC(COP(=O)(O)OCC[N+](C)(C)C)C(/C=C\CCCCCCCCCCC)OC(=O)CCCCCCCCCCCCCCCCCCCCCCCCC. The van der Waals surface area contributed by atoms with Gasteiger partial charge in [-0.2, -0.15) is 0 Å². The highest BCUT2D eigenvalue weighted by molar-refractivity contribution is 7.47. The lowest BCUT2D eigenvalue weighted by Crippen LogP contribution is -2.47. The lowest BCUT2D eigenvalue weighted by Gasteiger charge is -2.27. The van der Waals surface area contributed by atoms with Gasteiger partial charge in [-0.1, -0.05) is 280 Å². The summed E-state index contributed by atoms with van der Waals surface area (Å²) in [5.74, 6) is -0.595. The Morgan fingerprint density at radius 3 is 1.26 bits per heavy atom. The van der Waals surface area contributed by atoms with Gasteiger partial charge in [-0.25, -0.2) is 4.57 Å². The number of likely N-dealkylation sites (N-methyl/N-ethyl adjacent to an activating group) is 1. The Bertz CT molecular complexity index is 1530.